The highest BCUT2D eigenvalue weighted by Crippen LogP contribution is 2.34. The van der Waals surface area contributed by atoms with Crippen molar-refractivity contribution in [1.82, 2.24) is 0 Å². The van der Waals surface area contributed by atoms with Gasteiger partial charge >= 0.3 is 0 Å². The van der Waals surface area contributed by atoms with Crippen LogP contribution in [0.1, 0.15) is 17.4 Å². The fourth-order valence-electron chi connectivity index (χ4n) is 1.57. The molecule has 2 rings (SSSR count). The molecular weight excluding hydrogens is 246 g/mol. The third-order valence-electron chi connectivity index (χ3n) is 2.50. The number of nitrogens with one attached hydrogen (secondary N) is 1. The standard InChI is InChI=1S/C13H11N3OS/c1-2-10-7-9(8-14)13(18-10)15-11-5-3-4-6-12(11)16-17/h3-7,15H,2H2,1H3. The lowest BCUT2D eigenvalue weighted by Crippen LogP contribution is -1.89. The van der Waals surface area contributed by atoms with Gasteiger partial charge in [0.15, 0.2) is 0 Å². The Balaban J connectivity index is 2.36. The summed E-state index contributed by atoms with van der Waals surface area (Å²) < 4.78 is 0. The van der Waals surface area contributed by atoms with Crippen LogP contribution in [0.5, 0.6) is 0 Å². The highest BCUT2D eigenvalue weighted by atomic mass is 32.1. The van der Waals surface area contributed by atoms with E-state index in [1.165, 1.54) is 11.3 Å². The Morgan fingerprint density at radius 2 is 2.22 bits per heavy atom. The van der Waals surface area contributed by atoms with Crippen molar-refractivity contribution < 1.29 is 0 Å². The van der Waals surface area contributed by atoms with Gasteiger partial charge in [0.05, 0.1) is 11.3 Å². The summed E-state index contributed by atoms with van der Waals surface area (Å²) >= 11 is 1.52. The maximum absolute atomic E-state index is 10.7. The van der Waals surface area contributed by atoms with E-state index in [1.54, 1.807) is 18.2 Å². The van der Waals surface area contributed by atoms with Crippen LogP contribution in [0.25, 0.3) is 0 Å². The predicted molar refractivity (Wildman–Crippen MR) is 73.6 cm³/mol. The minimum Gasteiger partial charge on any atom is -0.344 e. The molecule has 90 valence electrons. The number of hydrogen-bond donors (Lipinski definition) is 1. The van der Waals surface area contributed by atoms with Gasteiger partial charge in [-0.3, -0.25) is 0 Å². The lowest BCUT2D eigenvalue weighted by molar-refractivity contribution is 1.18. The molecule has 0 aliphatic rings. The van der Waals surface area contributed by atoms with Crippen molar-refractivity contribution in [3.8, 4) is 6.07 Å². The smallest absolute Gasteiger partial charge is 0.131 e. The second-order valence-electron chi connectivity index (χ2n) is 3.65. The predicted octanol–water partition coefficient (Wildman–Crippen LogP) is 4.32. The molecule has 4 nitrogen and oxygen atoms in total. The van der Waals surface area contributed by atoms with E-state index in [2.05, 4.69) is 16.6 Å². The number of aryl methyl sites for hydroxylation is 1. The first-order valence-corrected chi connectivity index (χ1v) is 6.32. The van der Waals surface area contributed by atoms with E-state index in [4.69, 9.17) is 5.26 Å². The number of anilines is 2. The van der Waals surface area contributed by atoms with Gasteiger partial charge in [-0.05, 0) is 29.8 Å². The van der Waals surface area contributed by atoms with Crippen molar-refractivity contribution >= 4 is 27.7 Å². The summed E-state index contributed by atoms with van der Waals surface area (Å²) in [5.74, 6) is 0. The quantitative estimate of drug-likeness (QED) is 0.829. The second-order valence-corrected chi connectivity index (χ2v) is 4.79. The van der Waals surface area contributed by atoms with Crippen LogP contribution in [0, 0.1) is 16.2 Å². The molecule has 0 aliphatic heterocycles. The van der Waals surface area contributed by atoms with Crippen molar-refractivity contribution in [2.75, 3.05) is 5.32 Å². The zero-order valence-electron chi connectivity index (χ0n) is 9.80. The molecule has 0 fully saturated rings. The third-order valence-corrected chi connectivity index (χ3v) is 3.70. The molecule has 18 heavy (non-hydrogen) atoms. The van der Waals surface area contributed by atoms with Gasteiger partial charge < -0.3 is 5.32 Å². The molecule has 0 saturated heterocycles. The van der Waals surface area contributed by atoms with Crippen LogP contribution in [0.2, 0.25) is 0 Å². The summed E-state index contributed by atoms with van der Waals surface area (Å²) in [6, 6.07) is 11.0. The molecule has 1 aromatic heterocycles. The molecule has 0 radical (unpaired) electrons. The molecular formula is C13H11N3OS. The summed E-state index contributed by atoms with van der Waals surface area (Å²) in [5, 5.41) is 15.9. The SMILES string of the molecule is CCc1cc(C#N)c(Nc2ccccc2N=O)s1. The van der Waals surface area contributed by atoms with E-state index in [9.17, 15) is 4.91 Å². The van der Waals surface area contributed by atoms with E-state index in [0.29, 0.717) is 16.9 Å². The Morgan fingerprint density at radius 3 is 2.89 bits per heavy atom. The molecule has 0 atom stereocenters. The largest absolute Gasteiger partial charge is 0.344 e. The van der Waals surface area contributed by atoms with E-state index >= 15 is 0 Å². The summed E-state index contributed by atoms with van der Waals surface area (Å²) in [5.41, 5.74) is 1.55. The van der Waals surface area contributed by atoms with Gasteiger partial charge in [0.25, 0.3) is 0 Å². The Hall–Kier alpha value is -2.19. The van der Waals surface area contributed by atoms with E-state index < -0.39 is 0 Å². The highest BCUT2D eigenvalue weighted by Gasteiger charge is 2.10. The van der Waals surface area contributed by atoms with Crippen molar-refractivity contribution in [2.24, 2.45) is 5.18 Å². The molecule has 0 bridgehead atoms. The third kappa shape index (κ3) is 2.39. The van der Waals surface area contributed by atoms with Crippen molar-refractivity contribution in [2.45, 2.75) is 13.3 Å². The second kappa shape index (κ2) is 5.43. The van der Waals surface area contributed by atoms with Crippen LogP contribution in [0.3, 0.4) is 0 Å². The highest BCUT2D eigenvalue weighted by molar-refractivity contribution is 7.16. The zero-order valence-corrected chi connectivity index (χ0v) is 10.6. The first-order chi connectivity index (χ1) is 8.78. The average molecular weight is 257 g/mol. The van der Waals surface area contributed by atoms with Crippen LogP contribution in [-0.4, -0.2) is 0 Å². The number of benzene rings is 1. The minimum atomic E-state index is 0.341. The van der Waals surface area contributed by atoms with Crippen molar-refractivity contribution in [3.63, 3.8) is 0 Å². The fraction of sp³-hybridized carbons (Fsp3) is 0.154. The van der Waals surface area contributed by atoms with Gasteiger partial charge in [-0.25, -0.2) is 0 Å². The normalized spacial score (nSPS) is 9.78. The number of nitroso groups, excluding NO2 is 1. The van der Waals surface area contributed by atoms with E-state index in [0.717, 1.165) is 16.3 Å². The monoisotopic (exact) mass is 257 g/mol. The van der Waals surface area contributed by atoms with Gasteiger partial charge in [-0.1, -0.05) is 19.1 Å². The number of nitriles is 1. The Bertz CT molecular complexity index is 613. The molecule has 0 aliphatic carbocycles. The van der Waals surface area contributed by atoms with Gasteiger partial charge in [-0.15, -0.1) is 16.2 Å². The molecule has 0 spiro atoms. The van der Waals surface area contributed by atoms with Crippen LogP contribution < -0.4 is 5.32 Å². The first-order valence-electron chi connectivity index (χ1n) is 5.50. The summed E-state index contributed by atoms with van der Waals surface area (Å²) in [4.78, 5) is 11.8. The Labute approximate surface area is 109 Å². The van der Waals surface area contributed by atoms with Crippen molar-refractivity contribution in [3.05, 3.63) is 45.7 Å². The molecule has 1 N–H and O–H groups in total. The number of hydrogen-bond acceptors (Lipinski definition) is 5. The lowest BCUT2D eigenvalue weighted by Gasteiger charge is -2.05. The maximum atomic E-state index is 10.7. The average Bonchev–Trinajstić information content (AvgIpc) is 2.81. The number of nitrogens with zero attached hydrogens (tertiary/aromatic N) is 2. The van der Waals surface area contributed by atoms with Crippen LogP contribution in [0.4, 0.5) is 16.4 Å². The van der Waals surface area contributed by atoms with Crippen LogP contribution in [-0.2, 0) is 6.42 Å². The van der Waals surface area contributed by atoms with Gasteiger partial charge in [0.2, 0.25) is 0 Å². The molecule has 1 aromatic carbocycles. The first kappa shape index (κ1) is 12.3. The minimum absolute atomic E-state index is 0.341. The molecule has 5 heteroatoms. The summed E-state index contributed by atoms with van der Waals surface area (Å²) in [6.45, 7) is 2.04. The molecule has 2 aromatic rings. The van der Waals surface area contributed by atoms with Crippen LogP contribution >= 0.6 is 11.3 Å². The molecule has 0 saturated carbocycles. The fourth-order valence-corrected chi connectivity index (χ4v) is 2.53. The Kier molecular flexibility index (Phi) is 3.70. The summed E-state index contributed by atoms with van der Waals surface area (Å²) in [7, 11) is 0. The molecule has 1 heterocycles. The summed E-state index contributed by atoms with van der Waals surface area (Å²) in [6.07, 6.45) is 0.884. The Morgan fingerprint density at radius 1 is 1.44 bits per heavy atom. The van der Waals surface area contributed by atoms with Crippen LogP contribution in [0.15, 0.2) is 35.5 Å². The van der Waals surface area contributed by atoms with Gasteiger partial charge in [0.1, 0.15) is 16.8 Å². The topological polar surface area (TPSA) is 65.2 Å². The van der Waals surface area contributed by atoms with Gasteiger partial charge in [-0.2, -0.15) is 5.26 Å². The number of para-hydroxylation sites is 1. The van der Waals surface area contributed by atoms with E-state index in [1.807, 2.05) is 19.1 Å². The van der Waals surface area contributed by atoms with Crippen molar-refractivity contribution in [1.29, 1.82) is 5.26 Å². The van der Waals surface area contributed by atoms with Gasteiger partial charge in [0, 0.05) is 4.88 Å². The lowest BCUT2D eigenvalue weighted by atomic mass is 10.2. The zero-order chi connectivity index (χ0) is 13.0. The number of thiophene rings is 1. The number of rotatable bonds is 4. The maximum Gasteiger partial charge on any atom is 0.131 e. The van der Waals surface area contributed by atoms with E-state index in [-0.39, 0.29) is 0 Å². The molecule has 0 amide bonds. The molecule has 0 unspecified atom stereocenters.